The van der Waals surface area contributed by atoms with Crippen LogP contribution in [0.5, 0.6) is 0 Å². The van der Waals surface area contributed by atoms with Gasteiger partial charge in [-0.1, -0.05) is 0 Å². The Balaban J connectivity index is 1.66. The molecule has 0 unspecified atom stereocenters. The molecule has 0 atom stereocenters. The van der Waals surface area contributed by atoms with Gasteiger partial charge in [0.15, 0.2) is 0 Å². The summed E-state index contributed by atoms with van der Waals surface area (Å²) in [6.45, 7) is 2.04. The summed E-state index contributed by atoms with van der Waals surface area (Å²) in [5.74, 6) is -0.132. The van der Waals surface area contributed by atoms with E-state index >= 15 is 0 Å². The molecule has 1 aliphatic rings. The van der Waals surface area contributed by atoms with Crippen molar-refractivity contribution >= 4 is 22.9 Å². The van der Waals surface area contributed by atoms with Gasteiger partial charge in [0.25, 0.3) is 5.91 Å². The van der Waals surface area contributed by atoms with Gasteiger partial charge in [-0.2, -0.15) is 5.10 Å². The molecule has 1 amide bonds. The number of carbonyl (C=O) groups excluding carboxylic acids is 1. The van der Waals surface area contributed by atoms with Crippen LogP contribution in [0.2, 0.25) is 0 Å². The summed E-state index contributed by atoms with van der Waals surface area (Å²) >= 11 is 1.33. The van der Waals surface area contributed by atoms with E-state index in [0.29, 0.717) is 10.9 Å². The van der Waals surface area contributed by atoms with E-state index in [-0.39, 0.29) is 5.91 Å². The highest BCUT2D eigenvalue weighted by Crippen LogP contribution is 2.20. The second-order valence-corrected chi connectivity index (χ2v) is 5.40. The van der Waals surface area contributed by atoms with Crippen LogP contribution >= 0.6 is 11.3 Å². The molecule has 0 aromatic carbocycles. The first-order valence-corrected chi connectivity index (χ1v) is 7.15. The highest BCUT2D eigenvalue weighted by atomic mass is 32.1. The molecule has 2 aromatic rings. The number of piperidine rings is 1. The molecule has 1 saturated heterocycles. The quantitative estimate of drug-likeness (QED) is 0.892. The number of hydrogen-bond donors (Lipinski definition) is 2. The van der Waals surface area contributed by atoms with Crippen LogP contribution in [0, 0.1) is 0 Å². The van der Waals surface area contributed by atoms with Crippen LogP contribution in [-0.2, 0) is 0 Å². The van der Waals surface area contributed by atoms with Gasteiger partial charge >= 0.3 is 0 Å². The van der Waals surface area contributed by atoms with Crippen LogP contribution in [0.25, 0.3) is 0 Å². The summed E-state index contributed by atoms with van der Waals surface area (Å²) in [5.41, 5.74) is 2.38. The van der Waals surface area contributed by atoms with E-state index < -0.39 is 0 Å². The molecule has 1 fully saturated rings. The standard InChI is InChI=1S/C12H15N5OS/c18-12(11-6-14-8-19-11)16-9-5-15-17(7-9)10-1-3-13-4-2-10/h5-8,10,13H,1-4H2,(H,16,18). The van der Waals surface area contributed by atoms with Gasteiger partial charge in [0.2, 0.25) is 0 Å². The Hall–Kier alpha value is -1.73. The normalized spacial score (nSPS) is 16.4. The van der Waals surface area contributed by atoms with E-state index in [1.54, 1.807) is 17.9 Å². The Labute approximate surface area is 114 Å². The molecule has 100 valence electrons. The monoisotopic (exact) mass is 277 g/mol. The Kier molecular flexibility index (Phi) is 3.56. The minimum Gasteiger partial charge on any atom is -0.319 e. The fourth-order valence-corrected chi connectivity index (χ4v) is 2.71. The van der Waals surface area contributed by atoms with Crippen LogP contribution in [0.1, 0.15) is 28.6 Å². The predicted molar refractivity (Wildman–Crippen MR) is 73.4 cm³/mol. The van der Waals surface area contributed by atoms with Gasteiger partial charge in [-0.25, -0.2) is 0 Å². The highest BCUT2D eigenvalue weighted by Gasteiger charge is 2.16. The lowest BCUT2D eigenvalue weighted by atomic mass is 10.1. The molecular weight excluding hydrogens is 262 g/mol. The van der Waals surface area contributed by atoms with Gasteiger partial charge < -0.3 is 10.6 Å². The number of thiazole rings is 1. The number of nitrogens with one attached hydrogen (secondary N) is 2. The Bertz CT molecular complexity index is 544. The number of amides is 1. The Morgan fingerprint density at radius 2 is 2.26 bits per heavy atom. The minimum absolute atomic E-state index is 0.132. The number of hydrogen-bond acceptors (Lipinski definition) is 5. The second kappa shape index (κ2) is 5.50. The molecule has 0 bridgehead atoms. The van der Waals surface area contributed by atoms with Gasteiger partial charge in [-0.15, -0.1) is 11.3 Å². The molecule has 2 N–H and O–H groups in total. The average molecular weight is 277 g/mol. The van der Waals surface area contributed by atoms with Crippen molar-refractivity contribution in [3.05, 3.63) is 29.0 Å². The number of anilines is 1. The van der Waals surface area contributed by atoms with E-state index in [2.05, 4.69) is 20.7 Å². The maximum absolute atomic E-state index is 11.9. The summed E-state index contributed by atoms with van der Waals surface area (Å²) in [5, 5.41) is 10.5. The zero-order valence-corrected chi connectivity index (χ0v) is 11.2. The molecule has 19 heavy (non-hydrogen) atoms. The van der Waals surface area contributed by atoms with Gasteiger partial charge in [-0.3, -0.25) is 14.5 Å². The van der Waals surface area contributed by atoms with E-state index in [4.69, 9.17) is 0 Å². The molecule has 0 saturated carbocycles. The number of aromatic nitrogens is 3. The van der Waals surface area contributed by atoms with E-state index in [0.717, 1.165) is 31.6 Å². The topological polar surface area (TPSA) is 71.8 Å². The summed E-state index contributed by atoms with van der Waals surface area (Å²) in [6.07, 6.45) is 7.31. The summed E-state index contributed by atoms with van der Waals surface area (Å²) in [6, 6.07) is 0.426. The summed E-state index contributed by atoms with van der Waals surface area (Å²) in [4.78, 5) is 16.4. The molecule has 6 nitrogen and oxygen atoms in total. The number of rotatable bonds is 3. The fourth-order valence-electron chi connectivity index (χ4n) is 2.19. The van der Waals surface area contributed by atoms with Crippen molar-refractivity contribution in [1.29, 1.82) is 0 Å². The lowest BCUT2D eigenvalue weighted by Crippen LogP contribution is -2.29. The van der Waals surface area contributed by atoms with E-state index in [9.17, 15) is 4.79 Å². The smallest absolute Gasteiger partial charge is 0.267 e. The maximum Gasteiger partial charge on any atom is 0.267 e. The maximum atomic E-state index is 11.9. The van der Waals surface area contributed by atoms with Gasteiger partial charge in [0, 0.05) is 6.20 Å². The van der Waals surface area contributed by atoms with E-state index in [1.807, 2.05) is 10.9 Å². The lowest BCUT2D eigenvalue weighted by molar-refractivity contribution is 0.103. The lowest BCUT2D eigenvalue weighted by Gasteiger charge is -2.22. The third-order valence-corrected chi connectivity index (χ3v) is 3.97. The van der Waals surface area contributed by atoms with Crippen molar-refractivity contribution in [2.24, 2.45) is 0 Å². The van der Waals surface area contributed by atoms with Gasteiger partial charge in [0.1, 0.15) is 4.88 Å². The molecular formula is C12H15N5OS. The van der Waals surface area contributed by atoms with Crippen molar-refractivity contribution < 1.29 is 4.79 Å². The molecule has 2 aromatic heterocycles. The third-order valence-electron chi connectivity index (χ3n) is 3.20. The fraction of sp³-hybridized carbons (Fsp3) is 0.417. The summed E-state index contributed by atoms with van der Waals surface area (Å²) in [7, 11) is 0. The Morgan fingerprint density at radius 3 is 3.00 bits per heavy atom. The first-order chi connectivity index (χ1) is 9.33. The van der Waals surface area contributed by atoms with Crippen LogP contribution in [0.15, 0.2) is 24.1 Å². The van der Waals surface area contributed by atoms with E-state index in [1.165, 1.54) is 11.3 Å². The highest BCUT2D eigenvalue weighted by molar-refractivity contribution is 7.11. The van der Waals surface area contributed by atoms with Crippen LogP contribution < -0.4 is 10.6 Å². The van der Waals surface area contributed by atoms with Crippen molar-refractivity contribution in [2.45, 2.75) is 18.9 Å². The molecule has 0 radical (unpaired) electrons. The zero-order chi connectivity index (χ0) is 13.1. The Morgan fingerprint density at radius 1 is 1.42 bits per heavy atom. The number of nitrogens with zero attached hydrogens (tertiary/aromatic N) is 3. The van der Waals surface area contributed by atoms with Crippen LogP contribution in [0.4, 0.5) is 5.69 Å². The zero-order valence-electron chi connectivity index (χ0n) is 10.4. The SMILES string of the molecule is O=C(Nc1cnn(C2CCNCC2)c1)c1cncs1. The molecule has 1 aliphatic heterocycles. The average Bonchev–Trinajstić information content (AvgIpc) is 3.11. The van der Waals surface area contributed by atoms with Crippen molar-refractivity contribution in [2.75, 3.05) is 18.4 Å². The number of carbonyl (C=O) groups is 1. The van der Waals surface area contributed by atoms with Gasteiger partial charge in [-0.05, 0) is 25.9 Å². The largest absolute Gasteiger partial charge is 0.319 e. The predicted octanol–water partition coefficient (Wildman–Crippen LogP) is 1.52. The minimum atomic E-state index is -0.132. The van der Waals surface area contributed by atoms with Gasteiger partial charge in [0.05, 0.1) is 29.6 Å². The first kappa shape index (κ1) is 12.3. The van der Waals surface area contributed by atoms with Crippen molar-refractivity contribution in [1.82, 2.24) is 20.1 Å². The molecule has 0 spiro atoms. The van der Waals surface area contributed by atoms with Crippen molar-refractivity contribution in [3.8, 4) is 0 Å². The van der Waals surface area contributed by atoms with Crippen LogP contribution in [-0.4, -0.2) is 33.8 Å². The summed E-state index contributed by atoms with van der Waals surface area (Å²) < 4.78 is 1.95. The first-order valence-electron chi connectivity index (χ1n) is 6.27. The molecule has 3 rings (SSSR count). The molecule has 0 aliphatic carbocycles. The molecule has 7 heteroatoms. The molecule has 3 heterocycles. The second-order valence-electron chi connectivity index (χ2n) is 4.51. The van der Waals surface area contributed by atoms with Crippen LogP contribution in [0.3, 0.4) is 0 Å². The van der Waals surface area contributed by atoms with Crippen molar-refractivity contribution in [3.63, 3.8) is 0 Å². The third kappa shape index (κ3) is 2.82.